The summed E-state index contributed by atoms with van der Waals surface area (Å²) in [7, 11) is 0. The second-order valence-corrected chi connectivity index (χ2v) is 5.09. The first kappa shape index (κ1) is 14.0. The molecule has 1 aliphatic heterocycles. The summed E-state index contributed by atoms with van der Waals surface area (Å²) in [5.41, 5.74) is 0.148. The van der Waals surface area contributed by atoms with Gasteiger partial charge in [-0.2, -0.15) is 0 Å². The van der Waals surface area contributed by atoms with E-state index < -0.39 is 5.54 Å². The Labute approximate surface area is 127 Å². The number of hydrogen-bond acceptors (Lipinski definition) is 5. The van der Waals surface area contributed by atoms with Crippen molar-refractivity contribution >= 4 is 29.2 Å². The van der Waals surface area contributed by atoms with Crippen molar-refractivity contribution in [1.82, 2.24) is 4.98 Å². The second-order valence-electron chi connectivity index (χ2n) is 5.09. The van der Waals surface area contributed by atoms with E-state index in [4.69, 9.17) is 0 Å². The van der Waals surface area contributed by atoms with Crippen molar-refractivity contribution in [3.63, 3.8) is 0 Å². The van der Waals surface area contributed by atoms with Crippen molar-refractivity contribution in [2.45, 2.75) is 12.5 Å². The maximum atomic E-state index is 12.2. The third-order valence-corrected chi connectivity index (χ3v) is 3.80. The minimum atomic E-state index is -1.57. The Kier molecular flexibility index (Phi) is 3.25. The molecule has 0 fully saturated rings. The molecule has 0 amide bonds. The predicted molar refractivity (Wildman–Crippen MR) is 82.9 cm³/mol. The van der Waals surface area contributed by atoms with Gasteiger partial charge in [0.15, 0.2) is 17.6 Å². The first-order valence-electron chi connectivity index (χ1n) is 6.79. The Morgan fingerprint density at radius 1 is 1.27 bits per heavy atom. The third-order valence-electron chi connectivity index (χ3n) is 3.80. The maximum absolute atomic E-state index is 12.2. The Morgan fingerprint density at radius 3 is 2.64 bits per heavy atom. The molecule has 5 heteroatoms. The van der Waals surface area contributed by atoms with Gasteiger partial charge in [0, 0.05) is 18.1 Å². The number of anilines is 2. The number of aromatic nitrogens is 1. The molecule has 0 aliphatic carbocycles. The molecule has 1 aliphatic rings. The smallest absolute Gasteiger partial charge is 0.181 e. The molecule has 0 spiro atoms. The van der Waals surface area contributed by atoms with Crippen LogP contribution >= 0.6 is 0 Å². The van der Waals surface area contributed by atoms with E-state index >= 15 is 0 Å². The molecular formula is C17H14N2O3. The minimum absolute atomic E-state index is 0.127. The second kappa shape index (κ2) is 5.11. The van der Waals surface area contributed by atoms with Gasteiger partial charge in [0.05, 0.1) is 11.3 Å². The van der Waals surface area contributed by atoms with E-state index in [1.807, 2.05) is 30.3 Å². The largest absolute Gasteiger partial charge is 0.507 e. The zero-order valence-corrected chi connectivity index (χ0v) is 11.9. The lowest BCUT2D eigenvalue weighted by atomic mass is 9.87. The minimum Gasteiger partial charge on any atom is -0.507 e. The molecule has 1 N–H and O–H groups in total. The zero-order valence-electron chi connectivity index (χ0n) is 11.9. The monoisotopic (exact) mass is 294 g/mol. The van der Waals surface area contributed by atoms with Gasteiger partial charge in [-0.05, 0) is 31.2 Å². The van der Waals surface area contributed by atoms with E-state index in [1.54, 1.807) is 17.2 Å². The molecule has 0 radical (unpaired) electrons. The molecule has 2 heterocycles. The molecule has 0 saturated heterocycles. The molecule has 0 bridgehead atoms. The Bertz CT molecular complexity index is 770. The first-order valence-corrected chi connectivity index (χ1v) is 6.79. The van der Waals surface area contributed by atoms with Crippen LogP contribution in [0.3, 0.4) is 0 Å². The summed E-state index contributed by atoms with van der Waals surface area (Å²) in [6.07, 6.45) is 4.90. The van der Waals surface area contributed by atoms with Crippen LogP contribution in [-0.2, 0) is 9.59 Å². The Balaban J connectivity index is 2.34. The van der Waals surface area contributed by atoms with Crippen LogP contribution in [0.25, 0.3) is 5.76 Å². The van der Waals surface area contributed by atoms with Gasteiger partial charge in [0.2, 0.25) is 0 Å². The summed E-state index contributed by atoms with van der Waals surface area (Å²) in [6, 6.07) is 10.8. The van der Waals surface area contributed by atoms with E-state index in [2.05, 4.69) is 4.98 Å². The number of aliphatic hydroxyl groups excluding tert-OH is 1. The molecule has 22 heavy (non-hydrogen) atoms. The standard InChI is InChI=1S/C17H14N2O3/c1-12(21)17(11-20)9-16(22)14-10-18-8-7-15(14)19(17)13-5-3-2-4-6-13/h2-11,22H,1H3. The van der Waals surface area contributed by atoms with Gasteiger partial charge in [-0.1, -0.05) is 18.2 Å². The molecule has 110 valence electrons. The summed E-state index contributed by atoms with van der Waals surface area (Å²) in [6.45, 7) is 1.33. The number of benzene rings is 1. The van der Waals surface area contributed by atoms with Gasteiger partial charge in [0.1, 0.15) is 5.76 Å². The van der Waals surface area contributed by atoms with Gasteiger partial charge in [0.25, 0.3) is 0 Å². The molecule has 5 nitrogen and oxygen atoms in total. The molecule has 1 atom stereocenters. The van der Waals surface area contributed by atoms with Crippen molar-refractivity contribution in [3.8, 4) is 0 Å². The van der Waals surface area contributed by atoms with Crippen molar-refractivity contribution < 1.29 is 14.7 Å². The van der Waals surface area contributed by atoms with Gasteiger partial charge < -0.3 is 10.0 Å². The van der Waals surface area contributed by atoms with Crippen LogP contribution in [0, 0.1) is 0 Å². The van der Waals surface area contributed by atoms with Crippen LogP contribution in [0.4, 0.5) is 11.4 Å². The summed E-state index contributed by atoms with van der Waals surface area (Å²) in [5, 5.41) is 10.2. The summed E-state index contributed by atoms with van der Waals surface area (Å²) in [4.78, 5) is 29.7. The fourth-order valence-corrected chi connectivity index (χ4v) is 2.69. The SMILES string of the molecule is CC(=O)C1(C=O)C=C(O)c2cnccc2N1c1ccccc1. The maximum Gasteiger partial charge on any atom is 0.181 e. The number of nitrogens with zero attached hydrogens (tertiary/aromatic N) is 2. The molecule has 1 unspecified atom stereocenters. The van der Waals surface area contributed by atoms with Gasteiger partial charge in [-0.3, -0.25) is 14.6 Å². The normalized spacial score (nSPS) is 20.0. The van der Waals surface area contributed by atoms with E-state index in [-0.39, 0.29) is 11.5 Å². The zero-order chi connectivity index (χ0) is 15.7. The summed E-state index contributed by atoms with van der Waals surface area (Å²) in [5.74, 6) is -0.502. The van der Waals surface area contributed by atoms with Crippen LogP contribution in [0.2, 0.25) is 0 Å². The lowest BCUT2D eigenvalue weighted by molar-refractivity contribution is -0.125. The van der Waals surface area contributed by atoms with Crippen molar-refractivity contribution in [1.29, 1.82) is 0 Å². The van der Waals surface area contributed by atoms with Crippen molar-refractivity contribution in [3.05, 3.63) is 60.4 Å². The fourth-order valence-electron chi connectivity index (χ4n) is 2.69. The highest BCUT2D eigenvalue weighted by Gasteiger charge is 2.45. The molecule has 3 rings (SSSR count). The average molecular weight is 294 g/mol. The van der Waals surface area contributed by atoms with Crippen LogP contribution in [-0.4, -0.2) is 27.7 Å². The number of Topliss-reactive ketones (excluding diaryl/α,β-unsaturated/α-hetero) is 1. The van der Waals surface area contributed by atoms with Gasteiger partial charge in [-0.15, -0.1) is 0 Å². The van der Waals surface area contributed by atoms with E-state index in [9.17, 15) is 14.7 Å². The Hall–Kier alpha value is -2.95. The quantitative estimate of drug-likeness (QED) is 0.696. The summed E-state index contributed by atoms with van der Waals surface area (Å²) >= 11 is 0. The number of aliphatic hydroxyl groups is 1. The number of rotatable bonds is 3. The molecule has 2 aromatic rings. The number of aldehydes is 1. The number of carbonyl (C=O) groups is 2. The highest BCUT2D eigenvalue weighted by Crippen LogP contribution is 2.42. The lowest BCUT2D eigenvalue weighted by Crippen LogP contribution is -2.53. The van der Waals surface area contributed by atoms with Crippen LogP contribution in [0.1, 0.15) is 12.5 Å². The van der Waals surface area contributed by atoms with E-state index in [0.717, 1.165) is 0 Å². The van der Waals surface area contributed by atoms with E-state index in [0.29, 0.717) is 23.2 Å². The Morgan fingerprint density at radius 2 is 2.00 bits per heavy atom. The van der Waals surface area contributed by atoms with Gasteiger partial charge >= 0.3 is 0 Å². The number of pyridine rings is 1. The molecule has 1 aromatic heterocycles. The summed E-state index contributed by atoms with van der Waals surface area (Å²) < 4.78 is 0. The number of carbonyl (C=O) groups excluding carboxylic acids is 2. The van der Waals surface area contributed by atoms with Gasteiger partial charge in [-0.25, -0.2) is 0 Å². The number of ketones is 1. The highest BCUT2D eigenvalue weighted by molar-refractivity contribution is 6.12. The molecular weight excluding hydrogens is 280 g/mol. The van der Waals surface area contributed by atoms with E-state index in [1.165, 1.54) is 19.2 Å². The fraction of sp³-hybridized carbons (Fsp3) is 0.118. The number of para-hydroxylation sites is 1. The lowest BCUT2D eigenvalue weighted by Gasteiger charge is -2.41. The predicted octanol–water partition coefficient (Wildman–Crippen LogP) is 2.66. The third kappa shape index (κ3) is 1.90. The van der Waals surface area contributed by atoms with Crippen molar-refractivity contribution in [2.75, 3.05) is 4.90 Å². The van der Waals surface area contributed by atoms with Crippen LogP contribution in [0.5, 0.6) is 0 Å². The highest BCUT2D eigenvalue weighted by atomic mass is 16.3. The number of hydrogen-bond donors (Lipinski definition) is 1. The van der Waals surface area contributed by atoms with Crippen LogP contribution < -0.4 is 4.90 Å². The molecule has 0 saturated carbocycles. The topological polar surface area (TPSA) is 70.5 Å². The average Bonchev–Trinajstić information content (AvgIpc) is 2.55. The number of fused-ring (bicyclic) bond motifs is 1. The van der Waals surface area contributed by atoms with Crippen LogP contribution in [0.15, 0.2) is 54.9 Å². The first-order chi connectivity index (χ1) is 10.6. The molecule has 1 aromatic carbocycles. The van der Waals surface area contributed by atoms with Crippen molar-refractivity contribution in [2.24, 2.45) is 0 Å².